The van der Waals surface area contributed by atoms with Gasteiger partial charge in [-0.15, -0.1) is 13.2 Å². The maximum Gasteiger partial charge on any atom is 0.574 e. The third-order valence-corrected chi connectivity index (χ3v) is 2.30. The maximum atomic E-state index is 12.1. The van der Waals surface area contributed by atoms with E-state index >= 15 is 0 Å². The average molecular weight is 331 g/mol. The van der Waals surface area contributed by atoms with Gasteiger partial charge in [0.05, 0.1) is 23.4 Å². The summed E-state index contributed by atoms with van der Waals surface area (Å²) >= 11 is 2.89. The van der Waals surface area contributed by atoms with Gasteiger partial charge < -0.3 is 9.47 Å². The standard InChI is InChI=1S/C8H6BrF3N2O4/c1-17-6-2-5(14(15)16)4(3-9)13-7(6)18-8(10,11)12/h2H,3H2,1H3. The number of methoxy groups -OCH3 is 1. The van der Waals surface area contributed by atoms with Crippen LogP contribution in [0.4, 0.5) is 18.9 Å². The minimum absolute atomic E-state index is 0.0957. The molecule has 0 atom stereocenters. The van der Waals surface area contributed by atoms with Gasteiger partial charge in [0.15, 0.2) is 5.75 Å². The fourth-order valence-electron chi connectivity index (χ4n) is 1.09. The highest BCUT2D eigenvalue weighted by molar-refractivity contribution is 9.08. The van der Waals surface area contributed by atoms with Gasteiger partial charge in [0.2, 0.25) is 0 Å². The lowest BCUT2D eigenvalue weighted by Crippen LogP contribution is -2.19. The number of halogens is 4. The summed E-state index contributed by atoms with van der Waals surface area (Å²) in [7, 11) is 1.05. The van der Waals surface area contributed by atoms with Crippen molar-refractivity contribution >= 4 is 21.6 Å². The van der Waals surface area contributed by atoms with Crippen molar-refractivity contribution in [2.45, 2.75) is 11.7 Å². The Morgan fingerprint density at radius 1 is 1.56 bits per heavy atom. The number of nitro groups is 1. The van der Waals surface area contributed by atoms with Gasteiger partial charge in [-0.3, -0.25) is 10.1 Å². The summed E-state index contributed by atoms with van der Waals surface area (Å²) in [6.45, 7) is 0. The molecule has 0 N–H and O–H groups in total. The SMILES string of the molecule is COc1cc([N+](=O)[O-])c(CBr)nc1OC(F)(F)F. The molecule has 0 unspecified atom stereocenters. The summed E-state index contributed by atoms with van der Waals surface area (Å²) in [5.74, 6) is -1.34. The number of rotatable bonds is 4. The van der Waals surface area contributed by atoms with Gasteiger partial charge in [0.1, 0.15) is 5.69 Å². The largest absolute Gasteiger partial charge is 0.574 e. The van der Waals surface area contributed by atoms with E-state index in [-0.39, 0.29) is 11.0 Å². The Bertz CT molecular complexity index is 466. The molecule has 0 saturated heterocycles. The Labute approximate surface area is 107 Å². The second-order valence-electron chi connectivity index (χ2n) is 2.90. The van der Waals surface area contributed by atoms with Gasteiger partial charge >= 0.3 is 6.36 Å². The molecule has 1 aromatic heterocycles. The van der Waals surface area contributed by atoms with Gasteiger partial charge in [0, 0.05) is 0 Å². The zero-order chi connectivity index (χ0) is 13.9. The first-order chi connectivity index (χ1) is 8.28. The number of hydrogen-bond donors (Lipinski definition) is 0. The molecule has 0 aliphatic rings. The molecule has 0 saturated carbocycles. The molecule has 10 heteroatoms. The molecule has 6 nitrogen and oxygen atoms in total. The highest BCUT2D eigenvalue weighted by atomic mass is 79.9. The molecule has 1 rings (SSSR count). The van der Waals surface area contributed by atoms with E-state index in [0.717, 1.165) is 13.2 Å². The van der Waals surface area contributed by atoms with E-state index in [0.29, 0.717) is 0 Å². The van der Waals surface area contributed by atoms with Crippen molar-refractivity contribution in [3.63, 3.8) is 0 Å². The number of alkyl halides is 4. The highest BCUT2D eigenvalue weighted by Crippen LogP contribution is 2.35. The van der Waals surface area contributed by atoms with E-state index in [9.17, 15) is 23.3 Å². The fraction of sp³-hybridized carbons (Fsp3) is 0.375. The van der Waals surface area contributed by atoms with Crippen molar-refractivity contribution in [3.8, 4) is 11.6 Å². The molecular formula is C8H6BrF3N2O4. The molecular weight excluding hydrogens is 325 g/mol. The van der Waals surface area contributed by atoms with Crippen LogP contribution in [0.2, 0.25) is 0 Å². The molecule has 1 heterocycles. The Kier molecular flexibility index (Phi) is 4.33. The Hall–Kier alpha value is -1.58. The van der Waals surface area contributed by atoms with Crippen molar-refractivity contribution in [3.05, 3.63) is 21.9 Å². The molecule has 0 bridgehead atoms. The van der Waals surface area contributed by atoms with Gasteiger partial charge in [-0.25, -0.2) is 4.98 Å². The van der Waals surface area contributed by atoms with Crippen LogP contribution in [0.25, 0.3) is 0 Å². The van der Waals surface area contributed by atoms with Crippen molar-refractivity contribution in [2.24, 2.45) is 0 Å². The molecule has 0 aliphatic carbocycles. The first kappa shape index (κ1) is 14.5. The molecule has 0 aliphatic heterocycles. The molecule has 0 fully saturated rings. The Morgan fingerprint density at radius 2 is 2.17 bits per heavy atom. The van der Waals surface area contributed by atoms with Crippen LogP contribution in [0.5, 0.6) is 11.6 Å². The summed E-state index contributed by atoms with van der Waals surface area (Å²) in [5.41, 5.74) is -0.654. The lowest BCUT2D eigenvalue weighted by Gasteiger charge is -2.12. The monoisotopic (exact) mass is 330 g/mol. The molecule has 0 spiro atoms. The lowest BCUT2D eigenvalue weighted by atomic mass is 10.3. The summed E-state index contributed by atoms with van der Waals surface area (Å²) in [6.07, 6.45) is -4.96. The molecule has 0 radical (unpaired) electrons. The van der Waals surface area contributed by atoms with Crippen LogP contribution in [-0.2, 0) is 5.33 Å². The number of aromatic nitrogens is 1. The van der Waals surface area contributed by atoms with E-state index in [1.165, 1.54) is 0 Å². The third-order valence-electron chi connectivity index (χ3n) is 1.77. The first-order valence-corrected chi connectivity index (χ1v) is 5.44. The van der Waals surface area contributed by atoms with E-state index in [2.05, 4.69) is 30.4 Å². The summed E-state index contributed by atoms with van der Waals surface area (Å²) in [5, 5.41) is 10.6. The normalized spacial score (nSPS) is 11.2. The van der Waals surface area contributed by atoms with Gasteiger partial charge in [0.25, 0.3) is 11.6 Å². The van der Waals surface area contributed by atoms with E-state index in [4.69, 9.17) is 0 Å². The van der Waals surface area contributed by atoms with Crippen LogP contribution in [0.1, 0.15) is 5.69 Å². The van der Waals surface area contributed by atoms with Crippen molar-refractivity contribution in [2.75, 3.05) is 7.11 Å². The van der Waals surface area contributed by atoms with Gasteiger partial charge in [-0.2, -0.15) is 0 Å². The van der Waals surface area contributed by atoms with Crippen LogP contribution in [0.15, 0.2) is 6.07 Å². The second-order valence-corrected chi connectivity index (χ2v) is 3.46. The third kappa shape index (κ3) is 3.45. The minimum atomic E-state index is -4.96. The Morgan fingerprint density at radius 3 is 2.56 bits per heavy atom. The number of nitrogens with zero attached hydrogens (tertiary/aromatic N) is 2. The first-order valence-electron chi connectivity index (χ1n) is 4.32. The minimum Gasteiger partial charge on any atom is -0.491 e. The quantitative estimate of drug-likeness (QED) is 0.482. The molecule has 18 heavy (non-hydrogen) atoms. The molecule has 0 aromatic carbocycles. The fourth-order valence-corrected chi connectivity index (χ4v) is 1.50. The highest BCUT2D eigenvalue weighted by Gasteiger charge is 2.34. The van der Waals surface area contributed by atoms with Crippen molar-refractivity contribution < 1.29 is 27.6 Å². The summed E-state index contributed by atoms with van der Waals surface area (Å²) < 4.78 is 44.5. The van der Waals surface area contributed by atoms with Crippen LogP contribution in [-0.4, -0.2) is 23.4 Å². The average Bonchev–Trinajstić information content (AvgIpc) is 2.25. The second kappa shape index (κ2) is 5.38. The maximum absolute atomic E-state index is 12.1. The van der Waals surface area contributed by atoms with Crippen LogP contribution < -0.4 is 9.47 Å². The summed E-state index contributed by atoms with van der Waals surface area (Å²) in [6, 6.07) is 0.824. The molecule has 100 valence electrons. The summed E-state index contributed by atoms with van der Waals surface area (Å²) in [4.78, 5) is 13.3. The van der Waals surface area contributed by atoms with Gasteiger partial charge in [-0.1, -0.05) is 15.9 Å². The smallest absolute Gasteiger partial charge is 0.491 e. The number of pyridine rings is 1. The zero-order valence-electron chi connectivity index (χ0n) is 8.82. The van der Waals surface area contributed by atoms with Crippen molar-refractivity contribution in [1.29, 1.82) is 0 Å². The number of ether oxygens (including phenoxy) is 2. The van der Waals surface area contributed by atoms with Gasteiger partial charge in [-0.05, 0) is 0 Å². The predicted octanol–water partition coefficient (Wildman–Crippen LogP) is 2.79. The zero-order valence-corrected chi connectivity index (χ0v) is 10.4. The topological polar surface area (TPSA) is 74.5 Å². The van der Waals surface area contributed by atoms with E-state index in [1.807, 2.05) is 0 Å². The van der Waals surface area contributed by atoms with Crippen LogP contribution >= 0.6 is 15.9 Å². The van der Waals surface area contributed by atoms with E-state index < -0.39 is 28.6 Å². The van der Waals surface area contributed by atoms with E-state index in [1.54, 1.807) is 0 Å². The number of hydrogen-bond acceptors (Lipinski definition) is 5. The lowest BCUT2D eigenvalue weighted by molar-refractivity contribution is -0.386. The van der Waals surface area contributed by atoms with Crippen molar-refractivity contribution in [1.82, 2.24) is 4.98 Å². The molecule has 1 aromatic rings. The van der Waals surface area contributed by atoms with Crippen LogP contribution in [0, 0.1) is 10.1 Å². The Balaban J connectivity index is 3.30. The predicted molar refractivity (Wildman–Crippen MR) is 56.8 cm³/mol. The van der Waals surface area contributed by atoms with Crippen LogP contribution in [0.3, 0.4) is 0 Å². The molecule has 0 amide bonds.